The molecule has 118 valence electrons. The normalized spacial score (nSPS) is 11.1. The number of carbonyl (C=O) groups is 1. The van der Waals surface area contributed by atoms with Crippen molar-refractivity contribution in [2.75, 3.05) is 18.4 Å². The van der Waals surface area contributed by atoms with Gasteiger partial charge >= 0.3 is 6.09 Å². The zero-order chi connectivity index (χ0) is 15.9. The van der Waals surface area contributed by atoms with Gasteiger partial charge in [-0.25, -0.2) is 14.8 Å². The molecule has 0 aliphatic rings. The van der Waals surface area contributed by atoms with Gasteiger partial charge in [-0.05, 0) is 43.1 Å². The van der Waals surface area contributed by atoms with Crippen LogP contribution in [0.1, 0.15) is 39.9 Å². The second-order valence-electron chi connectivity index (χ2n) is 5.55. The monoisotopic (exact) mass is 358 g/mol. The Kier molecular flexibility index (Phi) is 6.87. The number of ether oxygens (including phenoxy) is 1. The summed E-state index contributed by atoms with van der Waals surface area (Å²) in [6, 6.07) is 1.83. The second kappa shape index (κ2) is 8.17. The molecule has 1 rings (SSSR count). The highest BCUT2D eigenvalue weighted by Gasteiger charge is 2.15. The van der Waals surface area contributed by atoms with Crippen LogP contribution in [-0.2, 0) is 11.2 Å². The Morgan fingerprint density at radius 1 is 1.33 bits per heavy atom. The van der Waals surface area contributed by atoms with Gasteiger partial charge in [-0.3, -0.25) is 0 Å². The van der Waals surface area contributed by atoms with Crippen LogP contribution in [0.4, 0.5) is 10.6 Å². The minimum atomic E-state index is -0.466. The van der Waals surface area contributed by atoms with Crippen molar-refractivity contribution in [2.24, 2.45) is 0 Å². The maximum Gasteiger partial charge on any atom is 0.407 e. The molecule has 0 radical (unpaired) electrons. The predicted molar refractivity (Wildman–Crippen MR) is 86.5 cm³/mol. The lowest BCUT2D eigenvalue weighted by molar-refractivity contribution is 0.0528. The van der Waals surface area contributed by atoms with Crippen molar-refractivity contribution in [3.63, 3.8) is 0 Å². The molecule has 1 aromatic rings. The van der Waals surface area contributed by atoms with E-state index in [4.69, 9.17) is 4.74 Å². The van der Waals surface area contributed by atoms with Crippen molar-refractivity contribution in [1.82, 2.24) is 15.3 Å². The van der Waals surface area contributed by atoms with Crippen LogP contribution in [0.25, 0.3) is 0 Å². The molecule has 0 bridgehead atoms. The zero-order valence-corrected chi connectivity index (χ0v) is 14.6. The lowest BCUT2D eigenvalue weighted by Gasteiger charge is -2.19. The number of anilines is 1. The first-order valence-electron chi connectivity index (χ1n) is 7.04. The van der Waals surface area contributed by atoms with E-state index in [2.05, 4.69) is 36.5 Å². The van der Waals surface area contributed by atoms with Crippen LogP contribution in [0.2, 0.25) is 0 Å². The molecule has 0 saturated heterocycles. The van der Waals surface area contributed by atoms with E-state index in [1.54, 1.807) is 0 Å². The molecule has 0 atom stereocenters. The summed E-state index contributed by atoms with van der Waals surface area (Å²) >= 11 is 3.36. The lowest BCUT2D eigenvalue weighted by atomic mass is 10.2. The predicted octanol–water partition coefficient (Wildman–Crippen LogP) is 3.13. The molecule has 21 heavy (non-hydrogen) atoms. The molecule has 0 aliphatic carbocycles. The molecule has 0 spiro atoms. The minimum absolute atomic E-state index is 0.388. The lowest BCUT2D eigenvalue weighted by Crippen LogP contribution is -2.33. The van der Waals surface area contributed by atoms with Crippen LogP contribution in [0, 0.1) is 0 Å². The molecule has 7 heteroatoms. The van der Waals surface area contributed by atoms with Crippen molar-refractivity contribution < 1.29 is 9.53 Å². The number of rotatable bonds is 6. The number of halogens is 1. The number of aromatic nitrogens is 2. The smallest absolute Gasteiger partial charge is 0.407 e. The van der Waals surface area contributed by atoms with Gasteiger partial charge in [-0.2, -0.15) is 0 Å². The van der Waals surface area contributed by atoms with Crippen LogP contribution in [-0.4, -0.2) is 34.8 Å². The van der Waals surface area contributed by atoms with Gasteiger partial charge in [-0.15, -0.1) is 0 Å². The number of nitrogens with zero attached hydrogens (tertiary/aromatic N) is 2. The maximum absolute atomic E-state index is 11.4. The van der Waals surface area contributed by atoms with E-state index in [9.17, 15) is 4.79 Å². The second-order valence-corrected chi connectivity index (χ2v) is 6.37. The number of hydrogen-bond donors (Lipinski definition) is 2. The van der Waals surface area contributed by atoms with Gasteiger partial charge in [0.2, 0.25) is 0 Å². The summed E-state index contributed by atoms with van der Waals surface area (Å²) in [5.41, 5.74) is -0.466. The molecule has 2 N–H and O–H groups in total. The molecule has 0 aromatic carbocycles. The van der Waals surface area contributed by atoms with Gasteiger partial charge < -0.3 is 15.4 Å². The molecular formula is C14H23BrN4O2. The highest BCUT2D eigenvalue weighted by atomic mass is 79.9. The third-order valence-corrected chi connectivity index (χ3v) is 2.79. The summed E-state index contributed by atoms with van der Waals surface area (Å²) < 4.78 is 5.92. The van der Waals surface area contributed by atoms with Gasteiger partial charge in [-0.1, -0.05) is 6.92 Å². The first-order chi connectivity index (χ1) is 9.80. The first kappa shape index (κ1) is 17.7. The number of aryl methyl sites for hydroxylation is 1. The molecule has 0 saturated carbocycles. The first-order valence-corrected chi connectivity index (χ1v) is 7.83. The summed E-state index contributed by atoms with van der Waals surface area (Å²) in [6.07, 6.45) is 1.18. The van der Waals surface area contributed by atoms with E-state index >= 15 is 0 Å². The average Bonchev–Trinajstić information content (AvgIpc) is 2.35. The molecule has 6 nitrogen and oxygen atoms in total. The van der Waals surface area contributed by atoms with E-state index in [-0.39, 0.29) is 6.09 Å². The topological polar surface area (TPSA) is 76.1 Å². The number of carbonyl (C=O) groups excluding carboxylic acids is 1. The Morgan fingerprint density at radius 3 is 2.67 bits per heavy atom. The summed E-state index contributed by atoms with van der Waals surface area (Å²) in [7, 11) is 0. The van der Waals surface area contributed by atoms with Crippen molar-refractivity contribution in [2.45, 2.75) is 46.1 Å². The van der Waals surface area contributed by atoms with E-state index in [0.29, 0.717) is 13.1 Å². The van der Waals surface area contributed by atoms with Crippen molar-refractivity contribution in [3.8, 4) is 0 Å². The van der Waals surface area contributed by atoms with E-state index < -0.39 is 5.60 Å². The Bertz CT molecular complexity index is 475. The fraction of sp³-hybridized carbons (Fsp3) is 0.643. The minimum Gasteiger partial charge on any atom is -0.444 e. The molecule has 0 aliphatic heterocycles. The van der Waals surface area contributed by atoms with Gasteiger partial charge in [0, 0.05) is 25.6 Å². The number of alkyl carbamates (subject to hydrolysis) is 1. The van der Waals surface area contributed by atoms with Gasteiger partial charge in [0.25, 0.3) is 0 Å². The summed E-state index contributed by atoms with van der Waals surface area (Å²) in [6.45, 7) is 8.79. The molecule has 1 amide bonds. The highest BCUT2D eigenvalue weighted by Crippen LogP contribution is 2.12. The van der Waals surface area contributed by atoms with Gasteiger partial charge in [0.1, 0.15) is 21.8 Å². The number of nitrogens with one attached hydrogen (secondary N) is 2. The van der Waals surface area contributed by atoms with Gasteiger partial charge in [0.15, 0.2) is 0 Å². The standard InChI is InChI=1S/C14H23BrN4O2/c1-5-11-18-10(15)9-12(19-11)16-7-6-8-17-13(20)21-14(2,3)4/h9H,5-8H2,1-4H3,(H,17,20)(H,16,18,19). The highest BCUT2D eigenvalue weighted by molar-refractivity contribution is 9.10. The van der Waals surface area contributed by atoms with Crippen LogP contribution < -0.4 is 10.6 Å². The van der Waals surface area contributed by atoms with E-state index in [1.807, 2.05) is 33.8 Å². The molecule has 0 fully saturated rings. The summed E-state index contributed by atoms with van der Waals surface area (Å²) in [5.74, 6) is 1.57. The Morgan fingerprint density at radius 2 is 2.05 bits per heavy atom. The summed E-state index contributed by atoms with van der Waals surface area (Å²) in [5, 5.41) is 5.93. The maximum atomic E-state index is 11.4. The molecule has 0 unspecified atom stereocenters. The van der Waals surface area contributed by atoms with Crippen LogP contribution >= 0.6 is 15.9 Å². The zero-order valence-electron chi connectivity index (χ0n) is 13.0. The van der Waals surface area contributed by atoms with Crippen molar-refractivity contribution >= 4 is 27.8 Å². The molecular weight excluding hydrogens is 336 g/mol. The van der Waals surface area contributed by atoms with E-state index in [1.165, 1.54) is 0 Å². The van der Waals surface area contributed by atoms with Crippen molar-refractivity contribution in [1.29, 1.82) is 0 Å². The van der Waals surface area contributed by atoms with E-state index in [0.717, 1.165) is 29.1 Å². The largest absolute Gasteiger partial charge is 0.444 e. The number of hydrogen-bond acceptors (Lipinski definition) is 5. The van der Waals surface area contributed by atoms with Crippen LogP contribution in [0.15, 0.2) is 10.7 Å². The number of amides is 1. The third-order valence-electron chi connectivity index (χ3n) is 2.39. The fourth-order valence-corrected chi connectivity index (χ4v) is 1.94. The Balaban J connectivity index is 2.25. The third kappa shape index (κ3) is 7.84. The fourth-order valence-electron chi connectivity index (χ4n) is 1.52. The van der Waals surface area contributed by atoms with Gasteiger partial charge in [0.05, 0.1) is 0 Å². The SMILES string of the molecule is CCc1nc(Br)cc(NCCCNC(=O)OC(C)(C)C)n1. The van der Waals surface area contributed by atoms with Crippen LogP contribution in [0.3, 0.4) is 0 Å². The quantitative estimate of drug-likeness (QED) is 0.603. The Labute approximate surface area is 134 Å². The average molecular weight is 359 g/mol. The van der Waals surface area contributed by atoms with Crippen LogP contribution in [0.5, 0.6) is 0 Å². The molecule has 1 heterocycles. The summed E-state index contributed by atoms with van der Waals surface area (Å²) in [4.78, 5) is 20.1. The van der Waals surface area contributed by atoms with Crippen molar-refractivity contribution in [3.05, 3.63) is 16.5 Å². The Hall–Kier alpha value is -1.37. The molecule has 1 aromatic heterocycles.